The monoisotopic (exact) mass is 262 g/mol. The summed E-state index contributed by atoms with van der Waals surface area (Å²) < 4.78 is 0. The minimum absolute atomic E-state index is 0.0256. The number of carbonyl (C=O) groups is 1. The van der Waals surface area contributed by atoms with Gasteiger partial charge in [-0.2, -0.15) is 0 Å². The van der Waals surface area contributed by atoms with Crippen molar-refractivity contribution in [2.75, 3.05) is 13.1 Å². The van der Waals surface area contributed by atoms with Gasteiger partial charge in [-0.25, -0.2) is 0 Å². The number of fused-ring (bicyclic) bond motifs is 1. The molecule has 0 aliphatic carbocycles. The van der Waals surface area contributed by atoms with Crippen molar-refractivity contribution in [2.24, 2.45) is 5.73 Å². The zero-order valence-corrected chi connectivity index (χ0v) is 11.4. The summed E-state index contributed by atoms with van der Waals surface area (Å²) in [5.41, 5.74) is 8.40. The number of carboxylic acids is 1. The molecule has 0 saturated heterocycles. The molecule has 1 aliphatic heterocycles. The predicted molar refractivity (Wildman–Crippen MR) is 75.0 cm³/mol. The average molecular weight is 262 g/mol. The van der Waals surface area contributed by atoms with E-state index >= 15 is 0 Å². The van der Waals surface area contributed by atoms with Crippen LogP contribution in [0, 0.1) is 0 Å². The second-order valence-corrected chi connectivity index (χ2v) is 5.08. The van der Waals surface area contributed by atoms with E-state index in [0.717, 1.165) is 19.4 Å². The van der Waals surface area contributed by atoms with Gasteiger partial charge in [-0.1, -0.05) is 37.6 Å². The Morgan fingerprint density at radius 2 is 2.26 bits per heavy atom. The lowest BCUT2D eigenvalue weighted by Crippen LogP contribution is -2.48. The number of hydrogen-bond donors (Lipinski definition) is 2. The Morgan fingerprint density at radius 3 is 2.89 bits per heavy atom. The van der Waals surface area contributed by atoms with E-state index in [4.69, 9.17) is 5.73 Å². The third-order valence-electron chi connectivity index (χ3n) is 3.92. The highest BCUT2D eigenvalue weighted by Crippen LogP contribution is 2.31. The Hall–Kier alpha value is -1.39. The number of nitrogens with two attached hydrogens (primary N) is 1. The second kappa shape index (κ2) is 6.17. The maximum absolute atomic E-state index is 11.5. The van der Waals surface area contributed by atoms with Gasteiger partial charge < -0.3 is 10.8 Å². The van der Waals surface area contributed by atoms with Crippen molar-refractivity contribution in [1.29, 1.82) is 0 Å². The Labute approximate surface area is 114 Å². The molecule has 0 amide bonds. The van der Waals surface area contributed by atoms with Gasteiger partial charge in [-0.15, -0.1) is 0 Å². The molecule has 0 fully saturated rings. The minimum atomic E-state index is -0.736. The summed E-state index contributed by atoms with van der Waals surface area (Å²) in [5.74, 6) is -0.736. The van der Waals surface area contributed by atoms with Crippen LogP contribution in [0.15, 0.2) is 24.3 Å². The van der Waals surface area contributed by atoms with Gasteiger partial charge in [0.2, 0.25) is 0 Å². The minimum Gasteiger partial charge on any atom is -0.480 e. The smallest absolute Gasteiger partial charge is 0.320 e. The lowest BCUT2D eigenvalue weighted by molar-refractivity contribution is -0.144. The van der Waals surface area contributed by atoms with Crippen LogP contribution in [0.3, 0.4) is 0 Å². The predicted octanol–water partition coefficient (Wildman–Crippen LogP) is 1.80. The third kappa shape index (κ3) is 2.80. The number of aliphatic carboxylic acids is 1. The van der Waals surface area contributed by atoms with Gasteiger partial charge in [0.1, 0.15) is 6.04 Å². The van der Waals surface area contributed by atoms with Crippen molar-refractivity contribution in [3.05, 3.63) is 35.4 Å². The number of carboxylic acid groups (broad SMARTS) is 1. The van der Waals surface area contributed by atoms with Crippen LogP contribution in [-0.4, -0.2) is 35.1 Å². The van der Waals surface area contributed by atoms with Gasteiger partial charge in [-0.05, 0) is 24.0 Å². The van der Waals surface area contributed by atoms with Gasteiger partial charge in [0.05, 0.1) is 0 Å². The maximum Gasteiger partial charge on any atom is 0.320 e. The highest BCUT2D eigenvalue weighted by atomic mass is 16.4. The van der Waals surface area contributed by atoms with Crippen molar-refractivity contribution >= 4 is 5.97 Å². The molecule has 1 aromatic rings. The van der Waals surface area contributed by atoms with Crippen LogP contribution in [0.5, 0.6) is 0 Å². The SMILES string of the molecule is CCCC(C(=O)O)N1CCc2ccccc2C1CN. The Morgan fingerprint density at radius 1 is 1.53 bits per heavy atom. The normalized spacial score (nSPS) is 20.8. The summed E-state index contributed by atoms with van der Waals surface area (Å²) in [6, 6.07) is 7.82. The van der Waals surface area contributed by atoms with E-state index in [1.807, 2.05) is 19.1 Å². The molecule has 0 saturated carbocycles. The fourth-order valence-electron chi connectivity index (χ4n) is 3.01. The number of rotatable bonds is 5. The molecular formula is C15H22N2O2. The van der Waals surface area contributed by atoms with Crippen molar-refractivity contribution in [2.45, 2.75) is 38.3 Å². The van der Waals surface area contributed by atoms with Crippen LogP contribution in [0.25, 0.3) is 0 Å². The standard InChI is InChI=1S/C15H22N2O2/c1-2-5-13(15(18)19)17-9-8-11-6-3-4-7-12(11)14(17)10-16/h3-4,6-7,13-14H,2,5,8-10,16H2,1H3,(H,18,19). The fraction of sp³-hybridized carbons (Fsp3) is 0.533. The first-order valence-electron chi connectivity index (χ1n) is 6.95. The first-order valence-corrected chi connectivity index (χ1v) is 6.95. The Balaban J connectivity index is 2.30. The Kier molecular flexibility index (Phi) is 4.56. The van der Waals surface area contributed by atoms with E-state index in [1.54, 1.807) is 0 Å². The molecular weight excluding hydrogens is 240 g/mol. The molecule has 104 valence electrons. The summed E-state index contributed by atoms with van der Waals surface area (Å²) in [6.45, 7) is 3.26. The summed E-state index contributed by atoms with van der Waals surface area (Å²) in [7, 11) is 0. The molecule has 19 heavy (non-hydrogen) atoms. The van der Waals surface area contributed by atoms with Gasteiger partial charge >= 0.3 is 5.97 Å². The first kappa shape index (κ1) is 14.0. The fourth-order valence-corrected chi connectivity index (χ4v) is 3.01. The van der Waals surface area contributed by atoms with Gasteiger partial charge in [0, 0.05) is 19.1 Å². The topological polar surface area (TPSA) is 66.6 Å². The summed E-state index contributed by atoms with van der Waals surface area (Å²) in [4.78, 5) is 13.5. The molecule has 4 nitrogen and oxygen atoms in total. The summed E-state index contributed by atoms with van der Waals surface area (Å²) in [5, 5.41) is 9.44. The van der Waals surface area contributed by atoms with E-state index < -0.39 is 12.0 Å². The second-order valence-electron chi connectivity index (χ2n) is 5.08. The van der Waals surface area contributed by atoms with Crippen LogP contribution >= 0.6 is 0 Å². The van der Waals surface area contributed by atoms with Crippen LogP contribution in [0.4, 0.5) is 0 Å². The van der Waals surface area contributed by atoms with Gasteiger partial charge in [-0.3, -0.25) is 9.69 Å². The number of benzene rings is 1. The van der Waals surface area contributed by atoms with E-state index in [2.05, 4.69) is 17.0 Å². The van der Waals surface area contributed by atoms with Crippen molar-refractivity contribution in [3.63, 3.8) is 0 Å². The van der Waals surface area contributed by atoms with Crippen molar-refractivity contribution < 1.29 is 9.90 Å². The average Bonchev–Trinajstić information content (AvgIpc) is 2.43. The molecule has 1 aromatic carbocycles. The van der Waals surface area contributed by atoms with Crippen LogP contribution in [-0.2, 0) is 11.2 Å². The highest BCUT2D eigenvalue weighted by molar-refractivity contribution is 5.73. The van der Waals surface area contributed by atoms with Crippen LogP contribution < -0.4 is 5.73 Å². The zero-order valence-electron chi connectivity index (χ0n) is 11.4. The molecule has 3 N–H and O–H groups in total. The van der Waals surface area contributed by atoms with E-state index in [-0.39, 0.29) is 6.04 Å². The van der Waals surface area contributed by atoms with Crippen LogP contribution in [0.1, 0.15) is 36.9 Å². The summed E-state index contributed by atoms with van der Waals surface area (Å²) >= 11 is 0. The van der Waals surface area contributed by atoms with E-state index in [0.29, 0.717) is 13.0 Å². The maximum atomic E-state index is 11.5. The van der Waals surface area contributed by atoms with Gasteiger partial charge in [0.25, 0.3) is 0 Å². The van der Waals surface area contributed by atoms with E-state index in [1.165, 1.54) is 11.1 Å². The summed E-state index contributed by atoms with van der Waals surface area (Å²) in [6.07, 6.45) is 2.45. The molecule has 1 aliphatic rings. The first-order chi connectivity index (χ1) is 9.19. The lowest BCUT2D eigenvalue weighted by atomic mass is 9.90. The van der Waals surface area contributed by atoms with Crippen molar-refractivity contribution in [3.8, 4) is 0 Å². The largest absolute Gasteiger partial charge is 0.480 e. The molecule has 0 aromatic heterocycles. The molecule has 0 radical (unpaired) electrons. The van der Waals surface area contributed by atoms with Gasteiger partial charge in [0.15, 0.2) is 0 Å². The lowest BCUT2D eigenvalue weighted by Gasteiger charge is -2.40. The number of hydrogen-bond acceptors (Lipinski definition) is 3. The third-order valence-corrected chi connectivity index (χ3v) is 3.92. The number of nitrogens with zero attached hydrogens (tertiary/aromatic N) is 1. The molecule has 2 atom stereocenters. The molecule has 0 spiro atoms. The quantitative estimate of drug-likeness (QED) is 0.849. The molecule has 1 heterocycles. The van der Waals surface area contributed by atoms with Crippen LogP contribution in [0.2, 0.25) is 0 Å². The molecule has 2 rings (SSSR count). The Bertz CT molecular complexity index is 448. The van der Waals surface area contributed by atoms with Crippen molar-refractivity contribution in [1.82, 2.24) is 4.90 Å². The molecule has 4 heteroatoms. The molecule has 0 bridgehead atoms. The molecule has 2 unspecified atom stereocenters. The van der Waals surface area contributed by atoms with E-state index in [9.17, 15) is 9.90 Å². The zero-order chi connectivity index (χ0) is 13.8. The highest BCUT2D eigenvalue weighted by Gasteiger charge is 2.34.